The summed E-state index contributed by atoms with van der Waals surface area (Å²) in [6, 6.07) is 7.81. The highest BCUT2D eigenvalue weighted by molar-refractivity contribution is 5.59. The number of benzene rings is 1. The highest BCUT2D eigenvalue weighted by Gasteiger charge is 2.36. The summed E-state index contributed by atoms with van der Waals surface area (Å²) in [5.41, 5.74) is 0.771. The highest BCUT2D eigenvalue weighted by atomic mass is 19.3. The number of rotatable bonds is 4. The predicted octanol–water partition coefficient (Wildman–Crippen LogP) is 2.86. The van der Waals surface area contributed by atoms with Gasteiger partial charge in [-0.05, 0) is 37.8 Å². The van der Waals surface area contributed by atoms with Crippen LogP contribution in [0.15, 0.2) is 24.3 Å². The van der Waals surface area contributed by atoms with Gasteiger partial charge in [0.25, 0.3) is 0 Å². The molecule has 5 heteroatoms. The Morgan fingerprint density at radius 3 is 2.75 bits per heavy atom. The van der Waals surface area contributed by atoms with E-state index in [1.807, 2.05) is 12.1 Å². The molecule has 3 rings (SSSR count). The molecule has 1 saturated heterocycles. The lowest BCUT2D eigenvalue weighted by Crippen LogP contribution is -2.56. The molecule has 110 valence electrons. The van der Waals surface area contributed by atoms with Gasteiger partial charge >= 0.3 is 6.61 Å². The Bertz CT molecular complexity index is 465. The van der Waals surface area contributed by atoms with Crippen LogP contribution >= 0.6 is 0 Å². The summed E-state index contributed by atoms with van der Waals surface area (Å²) < 4.78 is 29.7. The van der Waals surface area contributed by atoms with Crippen LogP contribution in [-0.2, 0) is 0 Å². The molecule has 1 aromatic rings. The standard InChI is InChI=1S/C15H20F2N2O/c1-10-8-18-12(11-6-7-11)9-19(10)13-4-2-3-5-14(13)20-15(16)17/h2-5,10-12,15,18H,6-9H2,1H3. The quantitative estimate of drug-likeness (QED) is 0.919. The average molecular weight is 282 g/mol. The highest BCUT2D eigenvalue weighted by Crippen LogP contribution is 2.37. The minimum absolute atomic E-state index is 0.269. The first-order chi connectivity index (χ1) is 9.65. The van der Waals surface area contributed by atoms with Crippen molar-refractivity contribution in [2.24, 2.45) is 5.92 Å². The third-order valence-electron chi connectivity index (χ3n) is 4.18. The molecule has 1 heterocycles. The van der Waals surface area contributed by atoms with Gasteiger partial charge in [-0.3, -0.25) is 0 Å². The van der Waals surface area contributed by atoms with Crippen LogP contribution in [0.4, 0.5) is 14.5 Å². The van der Waals surface area contributed by atoms with Crippen molar-refractivity contribution < 1.29 is 13.5 Å². The van der Waals surface area contributed by atoms with Gasteiger partial charge in [-0.1, -0.05) is 12.1 Å². The van der Waals surface area contributed by atoms with Crippen LogP contribution in [-0.4, -0.2) is 31.8 Å². The van der Waals surface area contributed by atoms with Crippen molar-refractivity contribution in [2.75, 3.05) is 18.0 Å². The monoisotopic (exact) mass is 282 g/mol. The lowest BCUT2D eigenvalue weighted by atomic mass is 10.0. The summed E-state index contributed by atoms with van der Waals surface area (Å²) in [4.78, 5) is 2.19. The third-order valence-corrected chi connectivity index (χ3v) is 4.18. The van der Waals surface area contributed by atoms with E-state index in [9.17, 15) is 8.78 Å². The fraction of sp³-hybridized carbons (Fsp3) is 0.600. The van der Waals surface area contributed by atoms with Crippen molar-refractivity contribution in [2.45, 2.75) is 38.5 Å². The summed E-state index contributed by atoms with van der Waals surface area (Å²) in [7, 11) is 0. The summed E-state index contributed by atoms with van der Waals surface area (Å²) >= 11 is 0. The maximum absolute atomic E-state index is 12.5. The smallest absolute Gasteiger partial charge is 0.387 e. The number of anilines is 1. The molecule has 0 bridgehead atoms. The van der Waals surface area contributed by atoms with Gasteiger partial charge in [-0.2, -0.15) is 8.78 Å². The zero-order chi connectivity index (χ0) is 14.1. The number of ether oxygens (including phenoxy) is 1. The molecule has 3 nitrogen and oxygen atoms in total. The Hall–Kier alpha value is -1.36. The molecule has 2 unspecified atom stereocenters. The van der Waals surface area contributed by atoms with E-state index in [1.54, 1.807) is 12.1 Å². The van der Waals surface area contributed by atoms with Gasteiger partial charge in [0.15, 0.2) is 0 Å². The maximum atomic E-state index is 12.5. The van der Waals surface area contributed by atoms with Crippen LogP contribution in [0.2, 0.25) is 0 Å². The zero-order valence-electron chi connectivity index (χ0n) is 11.6. The molecular weight excluding hydrogens is 262 g/mol. The van der Waals surface area contributed by atoms with E-state index in [-0.39, 0.29) is 11.8 Å². The van der Waals surface area contributed by atoms with Crippen LogP contribution in [0.25, 0.3) is 0 Å². The molecule has 1 saturated carbocycles. The number of piperazine rings is 1. The van der Waals surface area contributed by atoms with E-state index >= 15 is 0 Å². The van der Waals surface area contributed by atoms with Gasteiger partial charge in [-0.25, -0.2) is 0 Å². The van der Waals surface area contributed by atoms with E-state index < -0.39 is 6.61 Å². The Kier molecular flexibility index (Phi) is 3.78. The minimum atomic E-state index is -2.78. The van der Waals surface area contributed by atoms with Crippen molar-refractivity contribution in [3.05, 3.63) is 24.3 Å². The van der Waals surface area contributed by atoms with Crippen molar-refractivity contribution in [3.63, 3.8) is 0 Å². The molecular formula is C15H20F2N2O. The van der Waals surface area contributed by atoms with Crippen LogP contribution in [0.1, 0.15) is 19.8 Å². The molecule has 0 amide bonds. The first-order valence-electron chi connectivity index (χ1n) is 7.19. The predicted molar refractivity (Wildman–Crippen MR) is 74.4 cm³/mol. The molecule has 20 heavy (non-hydrogen) atoms. The molecule has 2 atom stereocenters. The molecule has 1 aliphatic carbocycles. The summed E-state index contributed by atoms with van der Waals surface area (Å²) in [5.74, 6) is 1.01. The zero-order valence-corrected chi connectivity index (χ0v) is 11.6. The van der Waals surface area contributed by atoms with E-state index in [1.165, 1.54) is 12.8 Å². The Labute approximate surface area is 117 Å². The fourth-order valence-corrected chi connectivity index (χ4v) is 2.93. The normalized spacial score (nSPS) is 26.9. The lowest BCUT2D eigenvalue weighted by Gasteiger charge is -2.41. The summed E-state index contributed by atoms with van der Waals surface area (Å²) in [6.45, 7) is 1.06. The molecule has 1 aliphatic heterocycles. The second kappa shape index (κ2) is 5.56. The number of nitrogens with one attached hydrogen (secondary N) is 1. The van der Waals surface area contributed by atoms with Crippen LogP contribution in [0.5, 0.6) is 5.75 Å². The third kappa shape index (κ3) is 2.87. The van der Waals surface area contributed by atoms with E-state index in [4.69, 9.17) is 0 Å². The van der Waals surface area contributed by atoms with Crippen LogP contribution < -0.4 is 15.0 Å². The van der Waals surface area contributed by atoms with Gasteiger partial charge in [0, 0.05) is 25.2 Å². The first kappa shape index (κ1) is 13.6. The van der Waals surface area contributed by atoms with Gasteiger partial charge in [0.2, 0.25) is 0 Å². The molecule has 0 spiro atoms. The molecule has 1 aromatic carbocycles. The number of halogens is 2. The van der Waals surface area contributed by atoms with Gasteiger partial charge < -0.3 is 15.0 Å². The molecule has 1 N–H and O–H groups in total. The molecule has 0 radical (unpaired) electrons. The molecule has 2 aliphatic rings. The van der Waals surface area contributed by atoms with Crippen LogP contribution in [0, 0.1) is 5.92 Å². The Balaban J connectivity index is 1.82. The Morgan fingerprint density at radius 1 is 1.30 bits per heavy atom. The largest absolute Gasteiger partial charge is 0.433 e. The summed E-state index contributed by atoms with van der Waals surface area (Å²) in [6.07, 6.45) is 2.55. The van der Waals surface area contributed by atoms with E-state index in [0.717, 1.165) is 24.7 Å². The minimum Gasteiger partial charge on any atom is -0.433 e. The van der Waals surface area contributed by atoms with Gasteiger partial charge in [0.1, 0.15) is 5.75 Å². The second-order valence-corrected chi connectivity index (χ2v) is 5.70. The van der Waals surface area contributed by atoms with Crippen molar-refractivity contribution in [1.29, 1.82) is 0 Å². The average Bonchev–Trinajstić information content (AvgIpc) is 3.24. The van der Waals surface area contributed by atoms with Crippen molar-refractivity contribution in [3.8, 4) is 5.75 Å². The van der Waals surface area contributed by atoms with E-state index in [2.05, 4.69) is 21.9 Å². The summed E-state index contributed by atoms with van der Waals surface area (Å²) in [5, 5.41) is 3.56. The van der Waals surface area contributed by atoms with Gasteiger partial charge in [0.05, 0.1) is 5.69 Å². The van der Waals surface area contributed by atoms with Crippen molar-refractivity contribution >= 4 is 5.69 Å². The second-order valence-electron chi connectivity index (χ2n) is 5.70. The van der Waals surface area contributed by atoms with Gasteiger partial charge in [-0.15, -0.1) is 0 Å². The Morgan fingerprint density at radius 2 is 2.05 bits per heavy atom. The number of alkyl halides is 2. The number of nitrogens with zero attached hydrogens (tertiary/aromatic N) is 1. The number of para-hydroxylation sites is 2. The SMILES string of the molecule is CC1CNC(C2CC2)CN1c1ccccc1OC(F)F. The molecule has 2 fully saturated rings. The maximum Gasteiger partial charge on any atom is 0.387 e. The molecule has 0 aromatic heterocycles. The lowest BCUT2D eigenvalue weighted by molar-refractivity contribution is -0.0495. The van der Waals surface area contributed by atoms with Crippen LogP contribution in [0.3, 0.4) is 0 Å². The van der Waals surface area contributed by atoms with Crippen molar-refractivity contribution in [1.82, 2.24) is 5.32 Å². The number of hydrogen-bond donors (Lipinski definition) is 1. The fourth-order valence-electron chi connectivity index (χ4n) is 2.93. The topological polar surface area (TPSA) is 24.5 Å². The van der Waals surface area contributed by atoms with E-state index in [0.29, 0.717) is 6.04 Å². The number of hydrogen-bond acceptors (Lipinski definition) is 3. The first-order valence-corrected chi connectivity index (χ1v) is 7.19.